The number of carbonyl (C=O) groups is 1. The first-order chi connectivity index (χ1) is 8.09. The molecular weight excluding hydrogens is 216 g/mol. The third-order valence-electron chi connectivity index (χ3n) is 3.05. The van der Waals surface area contributed by atoms with Crippen molar-refractivity contribution >= 4 is 11.8 Å². The molecule has 96 valence electrons. The smallest absolute Gasteiger partial charge is 0.306 e. The SMILES string of the molecule is C[C@H](C/C=C\C[C@@H]1CCCCC(N)=N1)C(=O)O. The predicted octanol–water partition coefficient (Wildman–Crippen LogP) is 2.34. The van der Waals surface area contributed by atoms with E-state index in [4.69, 9.17) is 10.8 Å². The van der Waals surface area contributed by atoms with E-state index in [0.717, 1.165) is 31.5 Å². The quantitative estimate of drug-likeness (QED) is 0.722. The Morgan fingerprint density at radius 3 is 3.06 bits per heavy atom. The third kappa shape index (κ3) is 5.52. The molecule has 0 aromatic rings. The number of rotatable bonds is 5. The summed E-state index contributed by atoms with van der Waals surface area (Å²) in [4.78, 5) is 15.1. The summed E-state index contributed by atoms with van der Waals surface area (Å²) in [6, 6.07) is 0.286. The number of amidine groups is 1. The van der Waals surface area contributed by atoms with E-state index in [-0.39, 0.29) is 12.0 Å². The Hall–Kier alpha value is -1.32. The molecular formula is C13H22N2O2. The summed E-state index contributed by atoms with van der Waals surface area (Å²) in [6.45, 7) is 1.72. The molecule has 3 N–H and O–H groups in total. The molecule has 0 spiro atoms. The summed E-state index contributed by atoms with van der Waals surface area (Å²) in [6.07, 6.45) is 9.73. The fourth-order valence-electron chi connectivity index (χ4n) is 1.87. The maximum Gasteiger partial charge on any atom is 0.306 e. The van der Waals surface area contributed by atoms with E-state index in [1.165, 1.54) is 6.42 Å². The number of aliphatic carboxylic acids is 1. The number of hydrogen-bond acceptors (Lipinski definition) is 3. The molecule has 4 heteroatoms. The molecule has 2 atom stereocenters. The number of allylic oxidation sites excluding steroid dienone is 1. The van der Waals surface area contributed by atoms with Crippen molar-refractivity contribution in [2.45, 2.75) is 51.5 Å². The molecule has 0 saturated carbocycles. The maximum atomic E-state index is 10.6. The van der Waals surface area contributed by atoms with Crippen LogP contribution in [-0.4, -0.2) is 23.0 Å². The van der Waals surface area contributed by atoms with Crippen LogP contribution >= 0.6 is 0 Å². The zero-order valence-corrected chi connectivity index (χ0v) is 10.4. The Kier molecular flexibility index (Phi) is 5.73. The van der Waals surface area contributed by atoms with Crippen LogP contribution in [0, 0.1) is 5.92 Å². The number of hydrogen-bond donors (Lipinski definition) is 2. The van der Waals surface area contributed by atoms with Gasteiger partial charge in [0.25, 0.3) is 0 Å². The lowest BCUT2D eigenvalue weighted by atomic mass is 10.1. The number of carboxylic acids is 1. The summed E-state index contributed by atoms with van der Waals surface area (Å²) in [7, 11) is 0. The molecule has 0 aromatic heterocycles. The van der Waals surface area contributed by atoms with Crippen molar-refractivity contribution in [3.05, 3.63) is 12.2 Å². The third-order valence-corrected chi connectivity index (χ3v) is 3.05. The first-order valence-corrected chi connectivity index (χ1v) is 6.29. The number of aliphatic imine (C=N–C) groups is 1. The summed E-state index contributed by atoms with van der Waals surface area (Å²) >= 11 is 0. The van der Waals surface area contributed by atoms with Gasteiger partial charge in [0.1, 0.15) is 0 Å². The molecule has 0 unspecified atom stereocenters. The second-order valence-corrected chi connectivity index (χ2v) is 4.70. The molecule has 0 aromatic carbocycles. The maximum absolute atomic E-state index is 10.6. The molecule has 1 heterocycles. The van der Waals surface area contributed by atoms with E-state index in [0.29, 0.717) is 6.42 Å². The number of nitrogens with two attached hydrogens (primary N) is 1. The molecule has 0 fully saturated rings. The van der Waals surface area contributed by atoms with Crippen molar-refractivity contribution in [1.82, 2.24) is 0 Å². The molecule has 4 nitrogen and oxygen atoms in total. The molecule has 0 bridgehead atoms. The zero-order chi connectivity index (χ0) is 12.7. The second kappa shape index (κ2) is 7.09. The lowest BCUT2D eigenvalue weighted by molar-refractivity contribution is -0.140. The highest BCUT2D eigenvalue weighted by molar-refractivity contribution is 5.80. The summed E-state index contributed by atoms with van der Waals surface area (Å²) in [5.41, 5.74) is 5.77. The van der Waals surface area contributed by atoms with Gasteiger partial charge in [-0.3, -0.25) is 9.79 Å². The van der Waals surface area contributed by atoms with Crippen LogP contribution in [0.4, 0.5) is 0 Å². The highest BCUT2D eigenvalue weighted by Crippen LogP contribution is 2.15. The van der Waals surface area contributed by atoms with Crippen molar-refractivity contribution in [2.75, 3.05) is 0 Å². The minimum atomic E-state index is -0.744. The monoisotopic (exact) mass is 238 g/mol. The first-order valence-electron chi connectivity index (χ1n) is 6.29. The summed E-state index contributed by atoms with van der Waals surface area (Å²) < 4.78 is 0. The van der Waals surface area contributed by atoms with Crippen LogP contribution in [-0.2, 0) is 4.79 Å². The van der Waals surface area contributed by atoms with Gasteiger partial charge in [0.2, 0.25) is 0 Å². The second-order valence-electron chi connectivity index (χ2n) is 4.70. The topological polar surface area (TPSA) is 75.7 Å². The van der Waals surface area contributed by atoms with Crippen LogP contribution in [0.1, 0.15) is 45.4 Å². The van der Waals surface area contributed by atoms with Crippen molar-refractivity contribution in [1.29, 1.82) is 0 Å². The van der Waals surface area contributed by atoms with Gasteiger partial charge in [-0.1, -0.05) is 25.5 Å². The zero-order valence-electron chi connectivity index (χ0n) is 10.4. The molecule has 0 saturated heterocycles. The van der Waals surface area contributed by atoms with Crippen LogP contribution in [0.3, 0.4) is 0 Å². The average molecular weight is 238 g/mol. The summed E-state index contributed by atoms with van der Waals surface area (Å²) in [5.74, 6) is -0.292. The van der Waals surface area contributed by atoms with Gasteiger partial charge in [-0.15, -0.1) is 0 Å². The highest BCUT2D eigenvalue weighted by Gasteiger charge is 2.11. The van der Waals surface area contributed by atoms with Gasteiger partial charge >= 0.3 is 5.97 Å². The Bertz CT molecular complexity index is 311. The fourth-order valence-corrected chi connectivity index (χ4v) is 1.87. The van der Waals surface area contributed by atoms with E-state index in [9.17, 15) is 4.79 Å². The normalized spacial score (nSPS) is 23.1. The molecule has 1 rings (SSSR count). The van der Waals surface area contributed by atoms with E-state index >= 15 is 0 Å². The number of carboxylic acid groups (broad SMARTS) is 1. The Morgan fingerprint density at radius 2 is 2.35 bits per heavy atom. The lowest BCUT2D eigenvalue weighted by Gasteiger charge is -2.07. The molecule has 1 aliphatic rings. The Labute approximate surface area is 103 Å². The van der Waals surface area contributed by atoms with E-state index < -0.39 is 5.97 Å². The van der Waals surface area contributed by atoms with Gasteiger partial charge < -0.3 is 10.8 Å². The predicted molar refractivity (Wildman–Crippen MR) is 69.1 cm³/mol. The van der Waals surface area contributed by atoms with Crippen molar-refractivity contribution in [3.8, 4) is 0 Å². The van der Waals surface area contributed by atoms with E-state index in [2.05, 4.69) is 4.99 Å². The van der Waals surface area contributed by atoms with Gasteiger partial charge in [0.15, 0.2) is 0 Å². The molecule has 1 aliphatic heterocycles. The Balaban J connectivity index is 2.31. The van der Waals surface area contributed by atoms with E-state index in [1.54, 1.807) is 6.92 Å². The van der Waals surface area contributed by atoms with Crippen LogP contribution in [0.25, 0.3) is 0 Å². The largest absolute Gasteiger partial charge is 0.481 e. The van der Waals surface area contributed by atoms with E-state index in [1.807, 2.05) is 12.2 Å². The van der Waals surface area contributed by atoms with Crippen LogP contribution < -0.4 is 5.73 Å². The fraction of sp³-hybridized carbons (Fsp3) is 0.692. The lowest BCUT2D eigenvalue weighted by Crippen LogP contribution is -2.13. The minimum Gasteiger partial charge on any atom is -0.481 e. The number of nitrogens with zero attached hydrogens (tertiary/aromatic N) is 1. The first kappa shape index (κ1) is 13.7. The van der Waals surface area contributed by atoms with Gasteiger partial charge in [-0.2, -0.15) is 0 Å². The van der Waals surface area contributed by atoms with Gasteiger partial charge in [0, 0.05) is 6.42 Å². The highest BCUT2D eigenvalue weighted by atomic mass is 16.4. The molecule has 17 heavy (non-hydrogen) atoms. The van der Waals surface area contributed by atoms with Gasteiger partial charge in [-0.05, 0) is 25.7 Å². The molecule has 0 radical (unpaired) electrons. The van der Waals surface area contributed by atoms with Crippen molar-refractivity contribution in [2.24, 2.45) is 16.6 Å². The van der Waals surface area contributed by atoms with Gasteiger partial charge in [0.05, 0.1) is 17.8 Å². The molecule has 0 amide bonds. The van der Waals surface area contributed by atoms with Crippen LogP contribution in [0.2, 0.25) is 0 Å². The summed E-state index contributed by atoms with van der Waals surface area (Å²) in [5, 5.41) is 8.73. The Morgan fingerprint density at radius 1 is 1.59 bits per heavy atom. The van der Waals surface area contributed by atoms with Gasteiger partial charge in [-0.25, -0.2) is 0 Å². The van der Waals surface area contributed by atoms with Crippen LogP contribution in [0.5, 0.6) is 0 Å². The minimum absolute atomic E-state index is 0.286. The van der Waals surface area contributed by atoms with Crippen LogP contribution in [0.15, 0.2) is 17.1 Å². The molecule has 0 aliphatic carbocycles. The van der Waals surface area contributed by atoms with Crippen molar-refractivity contribution < 1.29 is 9.90 Å². The average Bonchev–Trinajstić information content (AvgIpc) is 2.48. The standard InChI is InChI=1S/C13H22N2O2/c1-10(13(16)17)6-2-3-7-11-8-4-5-9-12(14)15-11/h2-3,10-11H,4-9H2,1H3,(H2,14,15)(H,16,17)/b3-2-/t10-,11-/m1/s1. The van der Waals surface area contributed by atoms with Crippen molar-refractivity contribution in [3.63, 3.8) is 0 Å².